The van der Waals surface area contributed by atoms with Crippen LogP contribution in [0.15, 0.2) is 45.7 Å². The van der Waals surface area contributed by atoms with Gasteiger partial charge in [0.25, 0.3) is 10.0 Å². The van der Waals surface area contributed by atoms with Crippen molar-refractivity contribution in [2.45, 2.75) is 36.7 Å². The highest BCUT2D eigenvalue weighted by atomic mass is 32.2. The molecule has 6 rings (SSSR count). The summed E-state index contributed by atoms with van der Waals surface area (Å²) >= 11 is 0. The Morgan fingerprint density at radius 2 is 1.80 bits per heavy atom. The van der Waals surface area contributed by atoms with Gasteiger partial charge in [-0.25, -0.2) is 17.2 Å². The van der Waals surface area contributed by atoms with Gasteiger partial charge in [0.1, 0.15) is 10.7 Å². The van der Waals surface area contributed by atoms with Crippen LogP contribution in [0.5, 0.6) is 0 Å². The van der Waals surface area contributed by atoms with Crippen LogP contribution in [0.4, 0.5) is 20.2 Å². The number of carbonyl (C=O) groups excluding carboxylic acids is 2. The second-order valence-electron chi connectivity index (χ2n) is 10.9. The minimum atomic E-state index is -4.42. The third kappa shape index (κ3) is 4.19. The molecule has 10 nitrogen and oxygen atoms in total. The van der Waals surface area contributed by atoms with Crippen LogP contribution < -0.4 is 9.62 Å². The lowest BCUT2D eigenvalue weighted by molar-refractivity contribution is -0.153. The van der Waals surface area contributed by atoms with Crippen molar-refractivity contribution in [2.24, 2.45) is 28.1 Å². The van der Waals surface area contributed by atoms with Crippen LogP contribution in [-0.4, -0.2) is 58.6 Å². The van der Waals surface area contributed by atoms with Gasteiger partial charge in [-0.15, -0.1) is 4.40 Å². The molecule has 14 heteroatoms. The summed E-state index contributed by atoms with van der Waals surface area (Å²) in [6.07, 6.45) is 3.39. The van der Waals surface area contributed by atoms with E-state index in [1.165, 1.54) is 30.1 Å². The molecule has 2 aromatic carbocycles. The van der Waals surface area contributed by atoms with E-state index < -0.39 is 61.2 Å². The molecule has 3 fully saturated rings. The van der Waals surface area contributed by atoms with Crippen molar-refractivity contribution >= 4 is 48.9 Å². The number of anilines is 2. The first-order valence-corrected chi connectivity index (χ1v) is 16.0. The van der Waals surface area contributed by atoms with Crippen molar-refractivity contribution in [1.29, 1.82) is 0 Å². The summed E-state index contributed by atoms with van der Waals surface area (Å²) in [5.74, 6) is -5.38. The summed E-state index contributed by atoms with van der Waals surface area (Å²) in [5.41, 5.74) is 0.497. The first kappa shape index (κ1) is 26.8. The lowest BCUT2D eigenvalue weighted by Gasteiger charge is -2.45. The topological polar surface area (TPSA) is 133 Å². The van der Waals surface area contributed by atoms with Crippen LogP contribution in [0, 0.1) is 35.3 Å². The number of benzene rings is 2. The van der Waals surface area contributed by atoms with Gasteiger partial charge in [0.2, 0.25) is 15.9 Å². The highest BCUT2D eigenvalue weighted by Crippen LogP contribution is 2.54. The molecule has 212 valence electrons. The van der Waals surface area contributed by atoms with Crippen molar-refractivity contribution < 1.29 is 35.2 Å². The number of hydrogen-bond acceptors (Lipinski definition) is 7. The molecule has 0 radical (unpaired) electrons. The Hall–Kier alpha value is -3.39. The molecule has 1 saturated heterocycles. The van der Waals surface area contributed by atoms with Gasteiger partial charge in [-0.1, -0.05) is 6.07 Å². The number of likely N-dealkylation sites (tertiary alicyclic amines) is 1. The molecule has 1 N–H and O–H groups in total. The molecular formula is C26H26F2N4O6S2. The van der Waals surface area contributed by atoms with E-state index in [9.17, 15) is 35.2 Å². The van der Waals surface area contributed by atoms with E-state index in [-0.39, 0.29) is 40.5 Å². The van der Waals surface area contributed by atoms with Crippen molar-refractivity contribution in [3.63, 3.8) is 0 Å². The zero-order valence-corrected chi connectivity index (χ0v) is 23.2. The standard InChI is InChI=1S/C26H26F2N4O6S2/c1-31(39(2,35)36)16-6-8-19-20(11-16)40(37,38)30-25(29-19)22-24(33)21-14-4-5-15(10-14)23(21)32(26(22)34)12-13-3-7-17(27)18(28)9-13/h3,6-9,11,14-15,21-23H,4-5,10,12H2,1-2H3,(H,29,30)/t14-,15+,21+,22?,23?/m0/s1. The molecule has 2 heterocycles. The third-order valence-corrected chi connectivity index (χ3v) is 11.1. The van der Waals surface area contributed by atoms with E-state index in [1.807, 2.05) is 0 Å². The fourth-order valence-corrected chi connectivity index (χ4v) is 8.36. The Labute approximate surface area is 230 Å². The summed E-state index contributed by atoms with van der Waals surface area (Å²) in [6.45, 7) is -0.0675. The van der Waals surface area contributed by atoms with Gasteiger partial charge in [0, 0.05) is 25.6 Å². The zero-order chi connectivity index (χ0) is 28.7. The van der Waals surface area contributed by atoms with Gasteiger partial charge < -0.3 is 10.2 Å². The number of carbonyl (C=O) groups is 2. The van der Waals surface area contributed by atoms with Crippen LogP contribution in [0.1, 0.15) is 24.8 Å². The zero-order valence-electron chi connectivity index (χ0n) is 21.5. The van der Waals surface area contributed by atoms with Crippen LogP contribution >= 0.6 is 0 Å². The van der Waals surface area contributed by atoms with Crippen molar-refractivity contribution in [1.82, 2.24) is 4.90 Å². The SMILES string of the molecule is CN(c1ccc2c(c1)S(=O)(=O)N=C(C1C(=O)[C@H]3C([C@@H]4CC[C@H]3C4)N(Cc3ccc(F)c(F)c3)C1=O)N2)S(C)(=O)=O. The van der Waals surface area contributed by atoms with Crippen LogP contribution in [-0.2, 0) is 36.2 Å². The van der Waals surface area contributed by atoms with Crippen LogP contribution in [0.2, 0.25) is 0 Å². The average molecular weight is 593 g/mol. The number of amides is 1. The number of Topliss-reactive ketones (excluding diaryl/α,β-unsaturated/α-hetero) is 1. The highest BCUT2D eigenvalue weighted by molar-refractivity contribution is 7.92. The average Bonchev–Trinajstić information content (AvgIpc) is 3.50. The fraction of sp³-hybridized carbons (Fsp3) is 0.423. The van der Waals surface area contributed by atoms with Gasteiger partial charge in [-0.05, 0) is 67.0 Å². The Balaban J connectivity index is 1.38. The lowest BCUT2D eigenvalue weighted by Crippen LogP contribution is -2.61. The molecule has 2 saturated carbocycles. The van der Waals surface area contributed by atoms with E-state index in [2.05, 4.69) is 9.71 Å². The quantitative estimate of drug-likeness (QED) is 0.528. The van der Waals surface area contributed by atoms with E-state index in [1.54, 1.807) is 0 Å². The third-order valence-electron chi connectivity index (χ3n) is 8.57. The molecule has 2 aliphatic heterocycles. The minimum Gasteiger partial charge on any atom is -0.341 e. The number of hydrogen-bond donors (Lipinski definition) is 1. The molecule has 2 unspecified atom stereocenters. The largest absolute Gasteiger partial charge is 0.341 e. The molecule has 0 aromatic heterocycles. The molecule has 4 aliphatic rings. The maximum atomic E-state index is 14.0. The number of halogens is 2. The normalized spacial score (nSPS) is 28.6. The van der Waals surface area contributed by atoms with Gasteiger partial charge in [-0.3, -0.25) is 13.9 Å². The molecule has 2 bridgehead atoms. The lowest BCUT2D eigenvalue weighted by atomic mass is 9.73. The molecule has 40 heavy (non-hydrogen) atoms. The second kappa shape index (κ2) is 9.06. The Morgan fingerprint density at radius 3 is 2.50 bits per heavy atom. The number of amidine groups is 1. The molecule has 1 amide bonds. The smallest absolute Gasteiger partial charge is 0.286 e. The Morgan fingerprint density at radius 1 is 1.07 bits per heavy atom. The molecule has 2 aliphatic carbocycles. The maximum absolute atomic E-state index is 14.0. The number of rotatable bonds is 5. The second-order valence-corrected chi connectivity index (χ2v) is 14.5. The van der Waals surface area contributed by atoms with Crippen LogP contribution in [0.25, 0.3) is 0 Å². The summed E-state index contributed by atoms with van der Waals surface area (Å²) in [5, 5.41) is 2.84. The molecule has 0 spiro atoms. The minimum absolute atomic E-state index is 0.0349. The molecular weight excluding hydrogens is 566 g/mol. The van der Waals surface area contributed by atoms with E-state index >= 15 is 0 Å². The summed E-state index contributed by atoms with van der Waals surface area (Å²) in [7, 11) is -6.81. The Bertz CT molecular complexity index is 1710. The maximum Gasteiger partial charge on any atom is 0.286 e. The first-order valence-electron chi connectivity index (χ1n) is 12.7. The number of nitrogens with one attached hydrogen (secondary N) is 1. The van der Waals surface area contributed by atoms with Crippen molar-refractivity contribution in [3.05, 3.63) is 53.6 Å². The monoisotopic (exact) mass is 592 g/mol. The van der Waals surface area contributed by atoms with Crippen LogP contribution in [0.3, 0.4) is 0 Å². The number of fused-ring (bicyclic) bond motifs is 6. The number of sulfonamides is 2. The fourth-order valence-electron chi connectivity index (χ4n) is 6.69. The number of nitrogens with zero attached hydrogens (tertiary/aromatic N) is 3. The summed E-state index contributed by atoms with van der Waals surface area (Å²) in [6, 6.07) is 6.87. The molecule has 2 aromatic rings. The summed E-state index contributed by atoms with van der Waals surface area (Å²) in [4.78, 5) is 29.0. The predicted molar refractivity (Wildman–Crippen MR) is 141 cm³/mol. The van der Waals surface area contributed by atoms with Gasteiger partial charge in [0.05, 0.1) is 17.6 Å². The number of ketones is 1. The Kier molecular flexibility index (Phi) is 6.07. The number of piperidine rings is 1. The van der Waals surface area contributed by atoms with E-state index in [0.717, 1.165) is 48.0 Å². The molecule has 5 atom stereocenters. The highest BCUT2D eigenvalue weighted by Gasteiger charge is 2.60. The first-order chi connectivity index (χ1) is 18.8. The van der Waals surface area contributed by atoms with Gasteiger partial charge in [-0.2, -0.15) is 8.42 Å². The van der Waals surface area contributed by atoms with E-state index in [0.29, 0.717) is 5.56 Å². The van der Waals surface area contributed by atoms with E-state index in [4.69, 9.17) is 0 Å². The predicted octanol–water partition coefficient (Wildman–Crippen LogP) is 2.52. The van der Waals surface area contributed by atoms with Gasteiger partial charge >= 0.3 is 0 Å². The van der Waals surface area contributed by atoms with Crippen molar-refractivity contribution in [2.75, 3.05) is 22.9 Å². The van der Waals surface area contributed by atoms with Crippen molar-refractivity contribution in [3.8, 4) is 0 Å². The summed E-state index contributed by atoms with van der Waals surface area (Å²) < 4.78 is 82.7. The van der Waals surface area contributed by atoms with Gasteiger partial charge in [0.15, 0.2) is 23.3 Å².